The highest BCUT2D eigenvalue weighted by Crippen LogP contribution is 2.53. The Morgan fingerprint density at radius 3 is 2.12 bits per heavy atom. The van der Waals surface area contributed by atoms with Crippen LogP contribution in [0.25, 0.3) is 0 Å². The van der Waals surface area contributed by atoms with E-state index in [9.17, 15) is 0 Å². The maximum atomic E-state index is 6.04. The molecule has 0 N–H and O–H groups in total. The molecule has 0 amide bonds. The van der Waals surface area contributed by atoms with Crippen LogP contribution in [0.3, 0.4) is 0 Å². The topological polar surface area (TPSA) is 12.5 Å². The summed E-state index contributed by atoms with van der Waals surface area (Å²) in [7, 11) is 0. The molecule has 1 heterocycles. The van der Waals surface area contributed by atoms with Crippen LogP contribution in [0.2, 0.25) is 0 Å². The van der Waals surface area contributed by atoms with E-state index in [2.05, 4.69) is 53.7 Å². The summed E-state index contributed by atoms with van der Waals surface area (Å²) >= 11 is 0. The molecule has 1 aliphatic carbocycles. The van der Waals surface area contributed by atoms with Crippen LogP contribution in [-0.2, 0) is 4.74 Å². The highest BCUT2D eigenvalue weighted by atomic mass is 16.6. The largest absolute Gasteiger partial charge is 0.357 e. The Kier molecular flexibility index (Phi) is 2.78. The lowest BCUT2D eigenvalue weighted by Gasteiger charge is -2.23. The molecule has 0 radical (unpaired) electrons. The van der Waals surface area contributed by atoms with Crippen molar-refractivity contribution in [3.05, 3.63) is 23.3 Å². The van der Waals surface area contributed by atoms with Gasteiger partial charge in [0.05, 0.1) is 0 Å². The first-order valence-corrected chi connectivity index (χ1v) is 6.50. The van der Waals surface area contributed by atoms with E-state index in [0.717, 1.165) is 0 Å². The first-order valence-electron chi connectivity index (χ1n) is 6.50. The van der Waals surface area contributed by atoms with Gasteiger partial charge in [0, 0.05) is 0 Å². The Morgan fingerprint density at radius 1 is 1.06 bits per heavy atom. The average Bonchev–Trinajstić information content (AvgIpc) is 2.90. The summed E-state index contributed by atoms with van der Waals surface area (Å²) in [6, 6.07) is 0. The Bertz CT molecular complexity index is 346. The summed E-state index contributed by atoms with van der Waals surface area (Å²) in [5.74, 6) is 1.75. The van der Waals surface area contributed by atoms with Crippen LogP contribution in [0, 0.1) is 17.8 Å². The molecule has 1 heteroatoms. The normalized spacial score (nSPS) is 32.9. The van der Waals surface area contributed by atoms with Crippen LogP contribution in [0.5, 0.6) is 0 Å². The molecular formula is C15H24O. The van der Waals surface area contributed by atoms with Gasteiger partial charge in [0.1, 0.15) is 11.7 Å². The molecule has 0 saturated carbocycles. The van der Waals surface area contributed by atoms with Crippen LogP contribution < -0.4 is 0 Å². The Morgan fingerprint density at radius 2 is 1.69 bits per heavy atom. The van der Waals surface area contributed by atoms with Gasteiger partial charge >= 0.3 is 0 Å². The monoisotopic (exact) mass is 220 g/mol. The molecule has 0 aromatic rings. The van der Waals surface area contributed by atoms with Crippen molar-refractivity contribution in [1.82, 2.24) is 0 Å². The second-order valence-corrected chi connectivity index (χ2v) is 6.10. The van der Waals surface area contributed by atoms with E-state index >= 15 is 0 Å². The van der Waals surface area contributed by atoms with E-state index in [0.29, 0.717) is 23.9 Å². The molecule has 0 bridgehead atoms. The van der Waals surface area contributed by atoms with Gasteiger partial charge in [-0.05, 0) is 35.0 Å². The highest BCUT2D eigenvalue weighted by molar-refractivity contribution is 5.45. The zero-order valence-corrected chi connectivity index (χ0v) is 11.4. The molecule has 1 fully saturated rings. The number of fused-ring (bicyclic) bond motifs is 1. The van der Waals surface area contributed by atoms with Crippen molar-refractivity contribution in [2.45, 2.75) is 53.2 Å². The summed E-state index contributed by atoms with van der Waals surface area (Å²) in [6.07, 6.45) is 5.10. The third-order valence-corrected chi connectivity index (χ3v) is 3.94. The van der Waals surface area contributed by atoms with E-state index < -0.39 is 0 Å². The van der Waals surface area contributed by atoms with Crippen LogP contribution in [0.1, 0.15) is 41.5 Å². The van der Waals surface area contributed by atoms with Crippen molar-refractivity contribution < 1.29 is 4.74 Å². The molecule has 1 saturated heterocycles. The van der Waals surface area contributed by atoms with E-state index in [1.165, 1.54) is 11.1 Å². The third-order valence-electron chi connectivity index (χ3n) is 3.94. The predicted octanol–water partition coefficient (Wildman–Crippen LogP) is 3.96. The molecule has 1 aliphatic heterocycles. The molecule has 90 valence electrons. The van der Waals surface area contributed by atoms with Crippen molar-refractivity contribution in [2.75, 3.05) is 0 Å². The van der Waals surface area contributed by atoms with E-state index in [1.54, 1.807) is 0 Å². The first kappa shape index (κ1) is 11.9. The van der Waals surface area contributed by atoms with Crippen molar-refractivity contribution in [1.29, 1.82) is 0 Å². The number of rotatable bonds is 3. The van der Waals surface area contributed by atoms with E-state index in [1.807, 2.05) is 0 Å². The highest BCUT2D eigenvalue weighted by Gasteiger charge is 2.60. The summed E-state index contributed by atoms with van der Waals surface area (Å²) in [5, 5.41) is 0. The number of allylic oxidation sites excluding steroid dienone is 2. The van der Waals surface area contributed by atoms with Gasteiger partial charge in [-0.3, -0.25) is 0 Å². The lowest BCUT2D eigenvalue weighted by atomic mass is 9.78. The Labute approximate surface area is 99.6 Å². The van der Waals surface area contributed by atoms with Crippen molar-refractivity contribution in [3.63, 3.8) is 0 Å². The lowest BCUT2D eigenvalue weighted by Crippen LogP contribution is -2.26. The van der Waals surface area contributed by atoms with Crippen LogP contribution in [-0.4, -0.2) is 11.7 Å². The maximum absolute atomic E-state index is 6.04. The Hall–Kier alpha value is -0.560. The molecule has 2 atom stereocenters. The SMILES string of the molecule is CC(C)C1=CC2(C(C)C)OC2C(C(C)C)=C1. The van der Waals surface area contributed by atoms with Gasteiger partial charge in [-0.2, -0.15) is 0 Å². The fourth-order valence-electron chi connectivity index (χ4n) is 2.59. The van der Waals surface area contributed by atoms with Crippen LogP contribution >= 0.6 is 0 Å². The summed E-state index contributed by atoms with van der Waals surface area (Å²) in [5.41, 5.74) is 2.96. The Balaban J connectivity index is 2.37. The molecule has 2 aliphatic rings. The summed E-state index contributed by atoms with van der Waals surface area (Å²) in [6.45, 7) is 13.6. The molecule has 2 rings (SSSR count). The minimum Gasteiger partial charge on any atom is -0.357 e. The molecular weight excluding hydrogens is 196 g/mol. The zero-order valence-electron chi connectivity index (χ0n) is 11.4. The maximum Gasteiger partial charge on any atom is 0.120 e. The molecule has 0 spiro atoms. The van der Waals surface area contributed by atoms with Gasteiger partial charge in [-0.1, -0.05) is 47.6 Å². The van der Waals surface area contributed by atoms with Crippen LogP contribution in [0.15, 0.2) is 23.3 Å². The summed E-state index contributed by atoms with van der Waals surface area (Å²) in [4.78, 5) is 0. The van der Waals surface area contributed by atoms with E-state index in [-0.39, 0.29) is 5.60 Å². The second-order valence-electron chi connectivity index (χ2n) is 6.10. The lowest BCUT2D eigenvalue weighted by molar-refractivity contribution is 0.282. The number of hydrogen-bond acceptors (Lipinski definition) is 1. The van der Waals surface area contributed by atoms with Gasteiger partial charge in [-0.25, -0.2) is 0 Å². The fraction of sp³-hybridized carbons (Fsp3) is 0.733. The first-order chi connectivity index (χ1) is 7.38. The average molecular weight is 220 g/mol. The minimum absolute atomic E-state index is 0.0218. The van der Waals surface area contributed by atoms with Gasteiger partial charge in [0.2, 0.25) is 0 Å². The number of hydrogen-bond donors (Lipinski definition) is 0. The molecule has 0 aromatic heterocycles. The predicted molar refractivity (Wildman–Crippen MR) is 68.3 cm³/mol. The zero-order chi connectivity index (χ0) is 12.1. The smallest absolute Gasteiger partial charge is 0.120 e. The number of epoxide rings is 1. The van der Waals surface area contributed by atoms with Crippen molar-refractivity contribution in [3.8, 4) is 0 Å². The van der Waals surface area contributed by atoms with Gasteiger partial charge < -0.3 is 4.74 Å². The van der Waals surface area contributed by atoms with Gasteiger partial charge in [0.15, 0.2) is 0 Å². The molecule has 1 nitrogen and oxygen atoms in total. The molecule has 16 heavy (non-hydrogen) atoms. The summed E-state index contributed by atoms with van der Waals surface area (Å²) < 4.78 is 6.04. The van der Waals surface area contributed by atoms with Gasteiger partial charge in [0.25, 0.3) is 0 Å². The van der Waals surface area contributed by atoms with Crippen molar-refractivity contribution >= 4 is 0 Å². The van der Waals surface area contributed by atoms with Gasteiger partial charge in [-0.15, -0.1) is 0 Å². The third kappa shape index (κ3) is 1.66. The molecule has 2 unspecified atom stereocenters. The van der Waals surface area contributed by atoms with E-state index in [4.69, 9.17) is 4.74 Å². The van der Waals surface area contributed by atoms with Crippen molar-refractivity contribution in [2.24, 2.45) is 17.8 Å². The molecule has 0 aromatic carbocycles. The minimum atomic E-state index is 0.0218. The second kappa shape index (κ2) is 3.73. The number of ether oxygens (including phenoxy) is 1. The van der Waals surface area contributed by atoms with Crippen LogP contribution in [0.4, 0.5) is 0 Å². The standard InChI is InChI=1S/C15H24O/c1-9(2)12-7-13(10(3)4)14-15(8-12,16-14)11(5)6/h7-11,14H,1-6H3. The quantitative estimate of drug-likeness (QED) is 0.656. The fourth-order valence-corrected chi connectivity index (χ4v) is 2.59.